The Labute approximate surface area is 231 Å². The van der Waals surface area contributed by atoms with Crippen molar-refractivity contribution in [2.45, 2.75) is 44.9 Å². The van der Waals surface area contributed by atoms with E-state index in [4.69, 9.17) is 10.7 Å². The second-order valence-corrected chi connectivity index (χ2v) is 11.0. The van der Waals surface area contributed by atoms with Crippen molar-refractivity contribution in [1.29, 1.82) is 0 Å². The SMILES string of the molecule is NC(=O)c1ccc(-n2c3ccccc3c3c(-c4nc5ccc(F)cc5[nH]4)cccc32)cc1CCC1CCCCC1. The molecule has 0 aliphatic heterocycles. The zero-order valence-electron chi connectivity index (χ0n) is 22.3. The number of aromatic amines is 1. The lowest BCUT2D eigenvalue weighted by Gasteiger charge is -2.22. The Morgan fingerprint density at radius 2 is 1.77 bits per heavy atom. The highest BCUT2D eigenvalue weighted by molar-refractivity contribution is 6.15. The number of hydrogen-bond acceptors (Lipinski definition) is 2. The molecule has 1 aliphatic rings. The Bertz CT molecular complexity index is 1890. The number of aryl methyl sites for hydroxylation is 1. The molecule has 2 heterocycles. The molecule has 3 N–H and O–H groups in total. The Hall–Kier alpha value is -4.45. The molecule has 6 heteroatoms. The van der Waals surface area contributed by atoms with Gasteiger partial charge in [0.05, 0.1) is 22.1 Å². The van der Waals surface area contributed by atoms with E-state index in [9.17, 15) is 9.18 Å². The van der Waals surface area contributed by atoms with Crippen LogP contribution in [-0.2, 0) is 6.42 Å². The highest BCUT2D eigenvalue weighted by Gasteiger charge is 2.20. The standard InChI is InChI=1S/C34H31FN4O/c35-23-15-18-28-29(20-23)38-34(37-28)27-10-6-12-31-32(27)26-9-4-5-11-30(26)39(31)24-16-17-25(33(36)40)22(19-24)14-13-21-7-2-1-3-8-21/h4-6,9-12,15-21H,1-3,7-8,13-14H2,(H2,36,40)(H,37,38). The van der Waals surface area contributed by atoms with Crippen LogP contribution >= 0.6 is 0 Å². The minimum atomic E-state index is -0.379. The summed E-state index contributed by atoms with van der Waals surface area (Å²) in [6.07, 6.45) is 8.40. The molecule has 4 aromatic carbocycles. The first-order chi connectivity index (χ1) is 19.6. The average Bonchev–Trinajstić information content (AvgIpc) is 3.55. The fourth-order valence-corrected chi connectivity index (χ4v) is 6.61. The number of hydrogen-bond donors (Lipinski definition) is 2. The van der Waals surface area contributed by atoms with Crippen molar-refractivity contribution in [3.63, 3.8) is 0 Å². The molecule has 1 saturated carbocycles. The fourth-order valence-electron chi connectivity index (χ4n) is 6.61. The van der Waals surface area contributed by atoms with E-state index in [1.54, 1.807) is 6.07 Å². The maximum Gasteiger partial charge on any atom is 0.248 e. The third kappa shape index (κ3) is 4.24. The topological polar surface area (TPSA) is 76.7 Å². The molecule has 5 nitrogen and oxygen atoms in total. The molecule has 0 unspecified atom stereocenters. The molecule has 0 spiro atoms. The Kier molecular flexibility index (Phi) is 6.11. The van der Waals surface area contributed by atoms with Gasteiger partial charge in [-0.05, 0) is 72.9 Å². The molecular weight excluding hydrogens is 499 g/mol. The minimum Gasteiger partial charge on any atom is -0.366 e. The third-order valence-corrected chi connectivity index (χ3v) is 8.56. The van der Waals surface area contributed by atoms with E-state index in [0.717, 1.165) is 57.0 Å². The number of nitrogens with zero attached hydrogens (tertiary/aromatic N) is 2. The summed E-state index contributed by atoms with van der Waals surface area (Å²) in [5.74, 6) is 0.741. The van der Waals surface area contributed by atoms with Crippen LogP contribution in [0.25, 0.3) is 49.9 Å². The fraction of sp³-hybridized carbons (Fsp3) is 0.235. The van der Waals surface area contributed by atoms with Crippen LogP contribution in [0.5, 0.6) is 0 Å². The van der Waals surface area contributed by atoms with Gasteiger partial charge in [-0.3, -0.25) is 4.79 Å². The van der Waals surface area contributed by atoms with Gasteiger partial charge in [0.15, 0.2) is 0 Å². The third-order valence-electron chi connectivity index (χ3n) is 8.56. The van der Waals surface area contributed by atoms with Gasteiger partial charge in [0.1, 0.15) is 11.6 Å². The number of benzene rings is 4. The number of primary amides is 1. The van der Waals surface area contributed by atoms with Gasteiger partial charge < -0.3 is 15.3 Å². The first-order valence-corrected chi connectivity index (χ1v) is 14.2. The first kappa shape index (κ1) is 24.6. The molecule has 0 radical (unpaired) electrons. The van der Waals surface area contributed by atoms with Crippen molar-refractivity contribution in [2.24, 2.45) is 11.7 Å². The van der Waals surface area contributed by atoms with Crippen molar-refractivity contribution in [3.05, 3.63) is 95.8 Å². The van der Waals surface area contributed by atoms with Gasteiger partial charge in [0, 0.05) is 27.6 Å². The molecule has 200 valence electrons. The van der Waals surface area contributed by atoms with Crippen LogP contribution in [0.3, 0.4) is 0 Å². The van der Waals surface area contributed by atoms with Crippen LogP contribution < -0.4 is 5.73 Å². The molecule has 6 aromatic rings. The van der Waals surface area contributed by atoms with E-state index in [1.807, 2.05) is 30.3 Å². The second kappa shape index (κ2) is 9.94. The molecule has 1 amide bonds. The van der Waals surface area contributed by atoms with Crippen molar-refractivity contribution in [3.8, 4) is 17.1 Å². The number of imidazole rings is 1. The summed E-state index contributed by atoms with van der Waals surface area (Å²) in [5.41, 5.74) is 12.9. The largest absolute Gasteiger partial charge is 0.366 e. The Morgan fingerprint density at radius 3 is 2.62 bits per heavy atom. The van der Waals surface area contributed by atoms with Crippen LogP contribution in [0.4, 0.5) is 4.39 Å². The summed E-state index contributed by atoms with van der Waals surface area (Å²) in [6, 6.07) is 25.2. The predicted octanol–water partition coefficient (Wildman–Crippen LogP) is 8.08. The van der Waals surface area contributed by atoms with Gasteiger partial charge in [-0.2, -0.15) is 0 Å². The summed E-state index contributed by atoms with van der Waals surface area (Å²) in [7, 11) is 0. The van der Waals surface area contributed by atoms with Gasteiger partial charge in [-0.25, -0.2) is 9.37 Å². The summed E-state index contributed by atoms with van der Waals surface area (Å²) in [4.78, 5) is 20.5. The number of nitrogens with two attached hydrogens (primary N) is 1. The molecule has 2 aromatic heterocycles. The Morgan fingerprint density at radius 1 is 0.950 bits per heavy atom. The van der Waals surface area contributed by atoms with E-state index >= 15 is 0 Å². The van der Waals surface area contributed by atoms with E-state index in [1.165, 1.54) is 44.2 Å². The first-order valence-electron chi connectivity index (χ1n) is 14.2. The van der Waals surface area contributed by atoms with Gasteiger partial charge in [0.2, 0.25) is 5.91 Å². The zero-order valence-corrected chi connectivity index (χ0v) is 22.3. The highest BCUT2D eigenvalue weighted by Crippen LogP contribution is 2.38. The average molecular weight is 531 g/mol. The molecule has 0 bridgehead atoms. The van der Waals surface area contributed by atoms with E-state index < -0.39 is 0 Å². The number of nitrogens with one attached hydrogen (secondary N) is 1. The summed E-state index contributed by atoms with van der Waals surface area (Å²) < 4.78 is 16.1. The number of H-pyrrole nitrogens is 1. The van der Waals surface area contributed by atoms with Crippen molar-refractivity contribution in [2.75, 3.05) is 0 Å². The lowest BCUT2D eigenvalue weighted by molar-refractivity contribution is 0.0999. The molecular formula is C34H31FN4O. The maximum absolute atomic E-state index is 13.9. The number of para-hydroxylation sites is 1. The van der Waals surface area contributed by atoms with E-state index in [0.29, 0.717) is 22.8 Å². The predicted molar refractivity (Wildman–Crippen MR) is 159 cm³/mol. The second-order valence-electron chi connectivity index (χ2n) is 11.0. The molecule has 1 aliphatic carbocycles. The molecule has 0 atom stereocenters. The number of rotatable bonds is 6. The van der Waals surface area contributed by atoms with E-state index in [2.05, 4.69) is 39.9 Å². The number of carbonyl (C=O) groups is 1. The lowest BCUT2D eigenvalue weighted by Crippen LogP contribution is -2.15. The number of aromatic nitrogens is 3. The van der Waals surface area contributed by atoms with Crippen LogP contribution in [0.2, 0.25) is 0 Å². The van der Waals surface area contributed by atoms with Gasteiger partial charge in [0.25, 0.3) is 0 Å². The van der Waals surface area contributed by atoms with Gasteiger partial charge >= 0.3 is 0 Å². The van der Waals surface area contributed by atoms with Gasteiger partial charge in [-0.15, -0.1) is 0 Å². The molecule has 0 saturated heterocycles. The molecule has 40 heavy (non-hydrogen) atoms. The number of fused-ring (bicyclic) bond motifs is 4. The molecule has 1 fully saturated rings. The van der Waals surface area contributed by atoms with E-state index in [-0.39, 0.29) is 11.7 Å². The smallest absolute Gasteiger partial charge is 0.248 e. The normalized spacial score (nSPS) is 14.4. The van der Waals surface area contributed by atoms with Crippen LogP contribution in [0, 0.1) is 11.7 Å². The highest BCUT2D eigenvalue weighted by atomic mass is 19.1. The summed E-state index contributed by atoms with van der Waals surface area (Å²) in [6.45, 7) is 0. The lowest BCUT2D eigenvalue weighted by atomic mass is 9.84. The quantitative estimate of drug-likeness (QED) is 0.228. The maximum atomic E-state index is 13.9. The van der Waals surface area contributed by atoms with Crippen molar-refractivity contribution < 1.29 is 9.18 Å². The van der Waals surface area contributed by atoms with Crippen LogP contribution in [0.1, 0.15) is 54.4 Å². The molecule has 7 rings (SSSR count). The van der Waals surface area contributed by atoms with Crippen LogP contribution in [0.15, 0.2) is 78.9 Å². The summed E-state index contributed by atoms with van der Waals surface area (Å²) in [5, 5.41) is 2.17. The summed E-state index contributed by atoms with van der Waals surface area (Å²) >= 11 is 0. The van der Waals surface area contributed by atoms with Crippen molar-refractivity contribution in [1.82, 2.24) is 14.5 Å². The Balaban J connectivity index is 1.39. The van der Waals surface area contributed by atoms with Crippen molar-refractivity contribution >= 4 is 38.7 Å². The van der Waals surface area contributed by atoms with Crippen LogP contribution in [-0.4, -0.2) is 20.4 Å². The minimum absolute atomic E-state index is 0.295. The monoisotopic (exact) mass is 530 g/mol. The number of carbonyl (C=O) groups excluding carboxylic acids is 1. The number of halogens is 1. The van der Waals surface area contributed by atoms with Gasteiger partial charge in [-0.1, -0.05) is 62.4 Å². The zero-order chi connectivity index (χ0) is 27.2. The number of amides is 1.